The normalized spacial score (nSPS) is 13.8. The number of hydrogen-bond donors (Lipinski definition) is 2. The minimum atomic E-state index is -0.642. The molecule has 0 bridgehead atoms. The Labute approximate surface area is 220 Å². The number of carbonyl (C=O) groups excluding carboxylic acids is 2. The highest BCUT2D eigenvalue weighted by atomic mass is 16.3. The summed E-state index contributed by atoms with van der Waals surface area (Å²) in [7, 11) is 0. The number of para-hydroxylation sites is 1. The fourth-order valence-corrected chi connectivity index (χ4v) is 4.82. The van der Waals surface area contributed by atoms with Gasteiger partial charge in [0, 0.05) is 30.4 Å². The lowest BCUT2D eigenvalue weighted by Crippen LogP contribution is -2.58. The van der Waals surface area contributed by atoms with Gasteiger partial charge in [-0.25, -0.2) is 0 Å². The van der Waals surface area contributed by atoms with Gasteiger partial charge in [-0.05, 0) is 30.2 Å². The van der Waals surface area contributed by atoms with Crippen LogP contribution in [0.1, 0.15) is 41.0 Å². The first kappa shape index (κ1) is 24.8. The third kappa shape index (κ3) is 4.88. The summed E-state index contributed by atoms with van der Waals surface area (Å²) >= 11 is 0. The number of amides is 2. The SMILES string of the molecule is CC(CC(=O)Nc1ccccc1)N1CN(C(c2ccccc2)c2ccccc2)n2ccc(=O)c(O)c2C1=O. The summed E-state index contributed by atoms with van der Waals surface area (Å²) in [5.41, 5.74) is 1.82. The van der Waals surface area contributed by atoms with E-state index in [1.807, 2.05) is 83.9 Å². The van der Waals surface area contributed by atoms with E-state index in [-0.39, 0.29) is 30.7 Å². The minimum Gasteiger partial charge on any atom is -0.502 e. The van der Waals surface area contributed by atoms with Crippen LogP contribution in [0.15, 0.2) is 108 Å². The molecule has 8 nitrogen and oxygen atoms in total. The van der Waals surface area contributed by atoms with Crippen LogP contribution in [0.2, 0.25) is 0 Å². The molecule has 0 aliphatic carbocycles. The van der Waals surface area contributed by atoms with Crippen molar-refractivity contribution >= 4 is 17.5 Å². The quantitative estimate of drug-likeness (QED) is 0.392. The average molecular weight is 509 g/mol. The second-order valence-corrected chi connectivity index (χ2v) is 9.27. The van der Waals surface area contributed by atoms with E-state index < -0.39 is 23.1 Å². The van der Waals surface area contributed by atoms with Crippen LogP contribution in [0, 0.1) is 0 Å². The van der Waals surface area contributed by atoms with Crippen molar-refractivity contribution in [3.05, 3.63) is 130 Å². The van der Waals surface area contributed by atoms with Crippen molar-refractivity contribution in [1.82, 2.24) is 9.58 Å². The van der Waals surface area contributed by atoms with E-state index >= 15 is 0 Å². The number of fused-ring (bicyclic) bond motifs is 1. The summed E-state index contributed by atoms with van der Waals surface area (Å²) in [5, 5.41) is 15.5. The third-order valence-electron chi connectivity index (χ3n) is 6.69. The Kier molecular flexibility index (Phi) is 6.95. The Balaban J connectivity index is 1.54. The topological polar surface area (TPSA) is 94.9 Å². The number of anilines is 1. The molecule has 2 N–H and O–H groups in total. The second-order valence-electron chi connectivity index (χ2n) is 9.27. The Morgan fingerprint density at radius 1 is 0.868 bits per heavy atom. The molecule has 1 aromatic heterocycles. The van der Waals surface area contributed by atoms with Crippen LogP contribution >= 0.6 is 0 Å². The van der Waals surface area contributed by atoms with Gasteiger partial charge in [0.15, 0.2) is 11.4 Å². The largest absolute Gasteiger partial charge is 0.502 e. The number of nitrogens with one attached hydrogen (secondary N) is 1. The lowest BCUT2D eigenvalue weighted by molar-refractivity contribution is -0.117. The molecule has 1 atom stereocenters. The zero-order valence-corrected chi connectivity index (χ0v) is 20.9. The van der Waals surface area contributed by atoms with Crippen LogP contribution in [0.5, 0.6) is 5.75 Å². The maximum absolute atomic E-state index is 13.7. The van der Waals surface area contributed by atoms with Crippen LogP contribution in [0.3, 0.4) is 0 Å². The summed E-state index contributed by atoms with van der Waals surface area (Å²) in [5.74, 6) is -1.38. The molecule has 4 aromatic rings. The highest BCUT2D eigenvalue weighted by Gasteiger charge is 2.38. The molecule has 1 aliphatic heterocycles. The summed E-state index contributed by atoms with van der Waals surface area (Å²) in [4.78, 5) is 40.4. The van der Waals surface area contributed by atoms with Gasteiger partial charge in [0.1, 0.15) is 6.67 Å². The van der Waals surface area contributed by atoms with Gasteiger partial charge in [0.2, 0.25) is 11.3 Å². The first-order chi connectivity index (χ1) is 18.4. The van der Waals surface area contributed by atoms with Crippen molar-refractivity contribution in [2.24, 2.45) is 0 Å². The molecule has 1 unspecified atom stereocenters. The van der Waals surface area contributed by atoms with Crippen LogP contribution < -0.4 is 15.8 Å². The number of rotatable bonds is 7. The zero-order valence-electron chi connectivity index (χ0n) is 20.9. The van der Waals surface area contributed by atoms with E-state index in [4.69, 9.17) is 0 Å². The Bertz CT molecular complexity index is 1450. The van der Waals surface area contributed by atoms with Crippen molar-refractivity contribution in [2.75, 3.05) is 17.0 Å². The standard InChI is InChI=1S/C30H28N4O4/c1-21(19-26(36)31-24-15-9-4-10-16-24)32-20-34(33-18-17-25(35)29(37)28(33)30(32)38)27(22-11-5-2-6-12-22)23-13-7-3-8-14-23/h2-18,21,27,37H,19-20H2,1H3,(H,31,36). The number of hydrogen-bond acceptors (Lipinski definition) is 5. The van der Waals surface area contributed by atoms with Crippen molar-refractivity contribution in [3.63, 3.8) is 0 Å². The monoisotopic (exact) mass is 508 g/mol. The number of carbonyl (C=O) groups is 2. The molecule has 0 spiro atoms. The van der Waals surface area contributed by atoms with E-state index in [9.17, 15) is 19.5 Å². The van der Waals surface area contributed by atoms with E-state index in [2.05, 4.69) is 5.32 Å². The molecule has 2 heterocycles. The van der Waals surface area contributed by atoms with E-state index in [1.54, 1.807) is 23.7 Å². The van der Waals surface area contributed by atoms with Gasteiger partial charge in [-0.3, -0.25) is 24.1 Å². The Morgan fingerprint density at radius 3 is 2.00 bits per heavy atom. The smallest absolute Gasteiger partial charge is 0.278 e. The van der Waals surface area contributed by atoms with Gasteiger partial charge in [-0.2, -0.15) is 0 Å². The molecular weight excluding hydrogens is 480 g/mol. The van der Waals surface area contributed by atoms with Gasteiger partial charge in [0.05, 0.1) is 6.04 Å². The highest BCUT2D eigenvalue weighted by Crippen LogP contribution is 2.32. The fraction of sp³-hybridized carbons (Fsp3) is 0.167. The predicted molar refractivity (Wildman–Crippen MR) is 145 cm³/mol. The average Bonchev–Trinajstić information content (AvgIpc) is 2.93. The van der Waals surface area contributed by atoms with Crippen LogP contribution in [0.4, 0.5) is 5.69 Å². The van der Waals surface area contributed by atoms with E-state index in [0.717, 1.165) is 11.1 Å². The molecule has 38 heavy (non-hydrogen) atoms. The number of benzene rings is 3. The fourth-order valence-electron chi connectivity index (χ4n) is 4.82. The molecule has 5 rings (SSSR count). The van der Waals surface area contributed by atoms with Gasteiger partial charge in [-0.1, -0.05) is 78.9 Å². The molecule has 0 saturated heterocycles. The summed E-state index contributed by atoms with van der Waals surface area (Å²) < 4.78 is 1.55. The molecular formula is C30H28N4O4. The first-order valence-corrected chi connectivity index (χ1v) is 12.4. The van der Waals surface area contributed by atoms with Crippen LogP contribution in [-0.4, -0.2) is 39.2 Å². The Morgan fingerprint density at radius 2 is 1.42 bits per heavy atom. The molecule has 0 radical (unpaired) electrons. The number of pyridine rings is 1. The van der Waals surface area contributed by atoms with Gasteiger partial charge < -0.3 is 15.3 Å². The van der Waals surface area contributed by atoms with Crippen molar-refractivity contribution in [3.8, 4) is 5.75 Å². The molecule has 1 aliphatic rings. The van der Waals surface area contributed by atoms with Gasteiger partial charge >= 0.3 is 0 Å². The predicted octanol–water partition coefficient (Wildman–Crippen LogP) is 4.11. The molecule has 2 amide bonds. The molecule has 0 fully saturated rings. The summed E-state index contributed by atoms with van der Waals surface area (Å²) in [6, 6.07) is 29.1. The number of aromatic hydroxyl groups is 1. The lowest BCUT2D eigenvalue weighted by Gasteiger charge is -2.45. The number of nitrogens with zero attached hydrogens (tertiary/aromatic N) is 3. The Hall–Kier alpha value is -4.85. The summed E-state index contributed by atoms with van der Waals surface area (Å²) in [6.45, 7) is 1.91. The van der Waals surface area contributed by atoms with Crippen molar-refractivity contribution in [2.45, 2.75) is 25.4 Å². The van der Waals surface area contributed by atoms with Crippen LogP contribution in [-0.2, 0) is 4.79 Å². The molecule has 3 aromatic carbocycles. The highest BCUT2D eigenvalue weighted by molar-refractivity contribution is 5.97. The first-order valence-electron chi connectivity index (χ1n) is 12.4. The van der Waals surface area contributed by atoms with Crippen LogP contribution in [0.25, 0.3) is 0 Å². The second kappa shape index (κ2) is 10.6. The lowest BCUT2D eigenvalue weighted by atomic mass is 9.98. The maximum atomic E-state index is 13.7. The van der Waals surface area contributed by atoms with Crippen molar-refractivity contribution in [1.29, 1.82) is 0 Å². The molecule has 8 heteroatoms. The molecule has 0 saturated carbocycles. The number of aromatic nitrogens is 1. The van der Waals surface area contributed by atoms with Gasteiger partial charge in [-0.15, -0.1) is 0 Å². The van der Waals surface area contributed by atoms with E-state index in [1.165, 1.54) is 17.2 Å². The van der Waals surface area contributed by atoms with Crippen molar-refractivity contribution < 1.29 is 14.7 Å². The minimum absolute atomic E-state index is 0.0354. The maximum Gasteiger partial charge on any atom is 0.278 e. The van der Waals surface area contributed by atoms with E-state index in [0.29, 0.717) is 5.69 Å². The third-order valence-corrected chi connectivity index (χ3v) is 6.69. The molecule has 192 valence electrons. The summed E-state index contributed by atoms with van der Waals surface area (Å²) in [6.07, 6.45) is 1.55. The zero-order chi connectivity index (χ0) is 26.6. The van der Waals surface area contributed by atoms with Gasteiger partial charge in [0.25, 0.3) is 5.91 Å².